The van der Waals surface area contributed by atoms with Gasteiger partial charge in [-0.2, -0.15) is 0 Å². The van der Waals surface area contributed by atoms with Crippen molar-refractivity contribution in [3.8, 4) is 17.2 Å². The van der Waals surface area contributed by atoms with E-state index in [0.717, 1.165) is 90.7 Å². The van der Waals surface area contributed by atoms with Crippen molar-refractivity contribution in [1.82, 2.24) is 0 Å². The molecule has 0 saturated heterocycles. The summed E-state index contributed by atoms with van der Waals surface area (Å²) < 4.78 is 17.2. The molecule has 6 aromatic rings. The first-order valence-corrected chi connectivity index (χ1v) is 28.1. The highest BCUT2D eigenvalue weighted by atomic mass is 32.2. The molecule has 0 bridgehead atoms. The highest BCUT2D eigenvalue weighted by Crippen LogP contribution is 2.47. The molecule has 6 nitrogen and oxygen atoms in total. The standard InChI is InChI=1S/C32H46O4S.C19H21O2S.C12H8S/c1-9-11-13-15-17-27(33)35-29-24(6)25(7)32(37-31-22(4)20-19-21(3)23(31)5)26(8)30(29)36-28(34)18-16-14-12-10-2;1-2-3-4-8-11-19(20)21-16-12-14-18(15-13-16)22-17-9-6-5-7-10-17;1-3-7-11(8-4-1)13-12-9-5-2-6-10-12/h19-20H,9-18H2,1-8H3;6-7,9-10,12-15H,2-4,8,11H2,1H3;3-10H. The maximum Gasteiger partial charge on any atom is 0.311 e. The van der Waals surface area contributed by atoms with Crippen LogP contribution in [0.1, 0.15) is 150 Å². The van der Waals surface area contributed by atoms with Crippen molar-refractivity contribution in [2.24, 2.45) is 0 Å². The third-order valence-corrected chi connectivity index (χ3v) is 15.6. The summed E-state index contributed by atoms with van der Waals surface area (Å²) in [7, 11) is 0. The number of hydrogen-bond donors (Lipinski definition) is 0. The molecule has 0 atom stereocenters. The second-order valence-corrected chi connectivity index (χ2v) is 21.2. The first-order valence-electron chi connectivity index (χ1n) is 25.7. The van der Waals surface area contributed by atoms with Crippen LogP contribution in [0.5, 0.6) is 17.2 Å². The molecule has 9 heteroatoms. The van der Waals surface area contributed by atoms with Crippen molar-refractivity contribution < 1.29 is 28.6 Å². The van der Waals surface area contributed by atoms with E-state index in [2.05, 4.69) is 103 Å². The molecular weight excluding hydrogens is 949 g/mol. The van der Waals surface area contributed by atoms with E-state index in [1.165, 1.54) is 49.1 Å². The average Bonchev–Trinajstić information content (AvgIpc) is 3.39. The van der Waals surface area contributed by atoms with Gasteiger partial charge in [0.2, 0.25) is 0 Å². The van der Waals surface area contributed by atoms with E-state index >= 15 is 0 Å². The van der Waals surface area contributed by atoms with E-state index < -0.39 is 0 Å². The monoisotopic (exact) mass is 1020 g/mol. The fraction of sp³-hybridized carbons (Fsp3) is 0.381. The van der Waals surface area contributed by atoms with Crippen LogP contribution in [0.25, 0.3) is 0 Å². The topological polar surface area (TPSA) is 78.9 Å². The molecule has 3 radical (unpaired) electrons. The van der Waals surface area contributed by atoms with Gasteiger partial charge in [0.1, 0.15) is 5.75 Å². The number of aryl methyl sites for hydroxylation is 2. The van der Waals surface area contributed by atoms with E-state index in [-0.39, 0.29) is 17.9 Å². The molecule has 6 rings (SSSR count). The molecule has 0 aliphatic rings. The van der Waals surface area contributed by atoms with Crippen LogP contribution in [-0.4, -0.2) is 17.9 Å². The number of carbonyl (C=O) groups is 3. The van der Waals surface area contributed by atoms with Gasteiger partial charge in [0.15, 0.2) is 11.5 Å². The molecule has 381 valence electrons. The Morgan fingerprint density at radius 3 is 1.17 bits per heavy atom. The maximum atomic E-state index is 12.9. The summed E-state index contributed by atoms with van der Waals surface area (Å²) >= 11 is 5.12. The minimum atomic E-state index is -0.276. The normalized spacial score (nSPS) is 10.6. The largest absolute Gasteiger partial charge is 0.427 e. The summed E-state index contributed by atoms with van der Waals surface area (Å²) in [5, 5.41) is 0. The van der Waals surface area contributed by atoms with Gasteiger partial charge >= 0.3 is 17.9 Å². The molecule has 0 saturated carbocycles. The van der Waals surface area contributed by atoms with Crippen molar-refractivity contribution in [2.45, 2.75) is 188 Å². The summed E-state index contributed by atoms with van der Waals surface area (Å²) in [6, 6.07) is 44.7. The Morgan fingerprint density at radius 1 is 0.375 bits per heavy atom. The van der Waals surface area contributed by atoms with Gasteiger partial charge in [0.05, 0.1) is 0 Å². The smallest absolute Gasteiger partial charge is 0.311 e. The number of carbonyl (C=O) groups excluding carboxylic acids is 3. The molecule has 0 spiro atoms. The molecule has 0 N–H and O–H groups in total. The van der Waals surface area contributed by atoms with Gasteiger partial charge in [-0.25, -0.2) is 0 Å². The zero-order valence-electron chi connectivity index (χ0n) is 44.2. The molecule has 0 unspecified atom stereocenters. The first-order chi connectivity index (χ1) is 34.8. The third-order valence-electron chi connectivity index (χ3n) is 11.9. The Kier molecular flexibility index (Phi) is 27.6. The van der Waals surface area contributed by atoms with Crippen LogP contribution in [0.2, 0.25) is 0 Å². The molecule has 6 aromatic carbocycles. The van der Waals surface area contributed by atoms with Crippen LogP contribution in [0, 0.1) is 59.7 Å². The van der Waals surface area contributed by atoms with E-state index in [9.17, 15) is 14.4 Å². The minimum absolute atomic E-state index is 0.143. The van der Waals surface area contributed by atoms with Crippen molar-refractivity contribution in [3.63, 3.8) is 0 Å². The van der Waals surface area contributed by atoms with Crippen LogP contribution < -0.4 is 14.2 Å². The van der Waals surface area contributed by atoms with Crippen molar-refractivity contribution in [3.05, 3.63) is 161 Å². The van der Waals surface area contributed by atoms with Gasteiger partial charge in [-0.3, -0.25) is 14.4 Å². The number of ether oxygens (including phenoxy) is 3. The average molecular weight is 1020 g/mol. The lowest BCUT2D eigenvalue weighted by atomic mass is 10.0. The SMILES string of the molecule is CCCCCCC(=O)Oc1c(C)c(C)c(Sc2c(C)ccc(C)c2C)c(C)c1OC(=O)CCCCCC.CCCCCCC(=O)Oc1ccc(Sc2cc[c]cc2)cc1.[c]1ccc(Sc2cc[c]cc2)cc1. The highest BCUT2D eigenvalue weighted by molar-refractivity contribution is 8.00. The number of rotatable bonds is 24. The van der Waals surface area contributed by atoms with Gasteiger partial charge in [-0.1, -0.05) is 162 Å². The summed E-state index contributed by atoms with van der Waals surface area (Å²) in [6.07, 6.45) is 13.6. The van der Waals surface area contributed by atoms with Gasteiger partial charge in [-0.05, 0) is 167 Å². The zero-order chi connectivity index (χ0) is 52.1. The lowest BCUT2D eigenvalue weighted by Gasteiger charge is -2.22. The van der Waals surface area contributed by atoms with Crippen LogP contribution >= 0.6 is 35.3 Å². The second-order valence-electron chi connectivity index (χ2n) is 17.9. The van der Waals surface area contributed by atoms with Crippen LogP contribution in [0.4, 0.5) is 0 Å². The zero-order valence-corrected chi connectivity index (χ0v) is 46.6. The minimum Gasteiger partial charge on any atom is -0.427 e. The molecule has 0 aromatic heterocycles. The van der Waals surface area contributed by atoms with Crippen LogP contribution in [0.15, 0.2) is 139 Å². The lowest BCUT2D eigenvalue weighted by molar-refractivity contribution is -0.137. The molecule has 0 heterocycles. The Morgan fingerprint density at radius 2 is 0.750 bits per heavy atom. The highest BCUT2D eigenvalue weighted by Gasteiger charge is 2.25. The number of esters is 3. The van der Waals surface area contributed by atoms with E-state index in [1.54, 1.807) is 35.3 Å². The van der Waals surface area contributed by atoms with Crippen molar-refractivity contribution in [2.75, 3.05) is 0 Å². The second kappa shape index (κ2) is 33.5. The third kappa shape index (κ3) is 21.1. The predicted molar refractivity (Wildman–Crippen MR) is 299 cm³/mol. The maximum absolute atomic E-state index is 12.9. The number of unbranched alkanes of at least 4 members (excludes halogenated alkanes) is 9. The summed E-state index contributed by atoms with van der Waals surface area (Å²) in [5.41, 5.74) is 6.42. The predicted octanol–water partition coefficient (Wildman–Crippen LogP) is 18.4. The Balaban J connectivity index is 0.000000267. The quantitative estimate of drug-likeness (QED) is 0.0335. The molecule has 0 amide bonds. The molecule has 72 heavy (non-hydrogen) atoms. The number of hydrogen-bond acceptors (Lipinski definition) is 9. The van der Waals surface area contributed by atoms with Gasteiger partial charge in [-0.15, -0.1) is 0 Å². The van der Waals surface area contributed by atoms with Crippen molar-refractivity contribution >= 4 is 53.2 Å². The summed E-state index contributed by atoms with van der Waals surface area (Å²) in [4.78, 5) is 44.4. The fourth-order valence-electron chi connectivity index (χ4n) is 7.42. The molecule has 0 aliphatic carbocycles. The Hall–Kier alpha value is -5.22. The van der Waals surface area contributed by atoms with Gasteiger partial charge in [0.25, 0.3) is 0 Å². The summed E-state index contributed by atoms with van der Waals surface area (Å²) in [5.74, 6) is 0.697. The Bertz CT molecular complexity index is 2510. The van der Waals surface area contributed by atoms with E-state index in [4.69, 9.17) is 14.2 Å². The lowest BCUT2D eigenvalue weighted by Crippen LogP contribution is -2.15. The number of benzene rings is 6. The van der Waals surface area contributed by atoms with E-state index in [0.29, 0.717) is 36.5 Å². The van der Waals surface area contributed by atoms with Gasteiger partial charge in [0, 0.05) is 54.2 Å². The van der Waals surface area contributed by atoms with Crippen LogP contribution in [-0.2, 0) is 14.4 Å². The van der Waals surface area contributed by atoms with Gasteiger partial charge < -0.3 is 14.2 Å². The van der Waals surface area contributed by atoms with Crippen LogP contribution in [0.3, 0.4) is 0 Å². The molecule has 0 aliphatic heterocycles. The van der Waals surface area contributed by atoms with E-state index in [1.807, 2.05) is 86.6 Å². The first kappa shape index (κ1) is 59.3. The Labute approximate surface area is 445 Å². The fourth-order valence-corrected chi connectivity index (χ4v) is 10.3. The summed E-state index contributed by atoms with van der Waals surface area (Å²) in [6.45, 7) is 18.8. The van der Waals surface area contributed by atoms with Crippen molar-refractivity contribution in [1.29, 1.82) is 0 Å². The molecular formula is C63H75O6S3. The molecule has 0 fully saturated rings.